The van der Waals surface area contributed by atoms with Gasteiger partial charge in [0, 0.05) is 17.4 Å². The molecule has 2 atom stereocenters. The molecule has 1 aromatic carbocycles. The molecule has 0 aliphatic carbocycles. The number of hydrogen-bond donors (Lipinski definition) is 0. The zero-order valence-electron chi connectivity index (χ0n) is 12.3. The maximum Gasteiger partial charge on any atom is 0.248 e. The number of para-hydroxylation sites is 1. The van der Waals surface area contributed by atoms with Crippen molar-refractivity contribution in [3.05, 3.63) is 30.3 Å². The van der Waals surface area contributed by atoms with Crippen molar-refractivity contribution in [2.24, 2.45) is 4.99 Å². The van der Waals surface area contributed by atoms with E-state index < -0.39 is 9.84 Å². The van der Waals surface area contributed by atoms with Crippen molar-refractivity contribution in [3.63, 3.8) is 0 Å². The summed E-state index contributed by atoms with van der Waals surface area (Å²) in [6.07, 6.45) is 1.17. The van der Waals surface area contributed by atoms with Gasteiger partial charge >= 0.3 is 0 Å². The minimum absolute atomic E-state index is 0.0432. The molecule has 0 radical (unpaired) electrons. The van der Waals surface area contributed by atoms with Gasteiger partial charge in [0.2, 0.25) is 5.91 Å². The van der Waals surface area contributed by atoms with Crippen molar-refractivity contribution in [2.45, 2.75) is 31.1 Å². The van der Waals surface area contributed by atoms with Crippen molar-refractivity contribution >= 4 is 38.4 Å². The van der Waals surface area contributed by atoms with Crippen LogP contribution in [0.3, 0.4) is 0 Å². The van der Waals surface area contributed by atoms with Crippen LogP contribution in [0.25, 0.3) is 0 Å². The van der Waals surface area contributed by atoms with Gasteiger partial charge in [-0.1, -0.05) is 36.9 Å². The Kier molecular flexibility index (Phi) is 4.27. The van der Waals surface area contributed by atoms with Crippen LogP contribution in [0.2, 0.25) is 0 Å². The van der Waals surface area contributed by atoms with E-state index in [-0.39, 0.29) is 28.7 Å². The Morgan fingerprint density at radius 2 is 2.05 bits per heavy atom. The van der Waals surface area contributed by atoms with E-state index in [1.54, 1.807) is 0 Å². The standard InChI is InChI=1S/C15H18N2O3S2/c1-2-6-14(18)16-15-17(11-7-4-3-5-8-11)12-9-22(19,20)10-13(12)21-15/h3-5,7-8,12-13H,2,6,9-10H2,1H3/t12-,13-/m1/s1. The molecule has 3 rings (SSSR count). The fraction of sp³-hybridized carbons (Fsp3) is 0.467. The number of carbonyl (C=O) groups is 1. The molecule has 2 aliphatic heterocycles. The first-order valence-corrected chi connectivity index (χ1v) is 10.0. The van der Waals surface area contributed by atoms with Gasteiger partial charge in [0.05, 0.1) is 17.5 Å². The average molecular weight is 338 g/mol. The molecule has 0 spiro atoms. The summed E-state index contributed by atoms with van der Waals surface area (Å²) in [6.45, 7) is 1.94. The average Bonchev–Trinajstić information content (AvgIpc) is 2.91. The number of amidine groups is 1. The molecule has 2 fully saturated rings. The second-order valence-corrected chi connectivity index (χ2v) is 8.90. The summed E-state index contributed by atoms with van der Waals surface area (Å²) in [5.74, 6) is 0.140. The molecule has 0 unspecified atom stereocenters. The maximum absolute atomic E-state index is 11.9. The third-order valence-corrected chi connectivity index (χ3v) is 6.99. The van der Waals surface area contributed by atoms with Crippen LogP contribution in [0.5, 0.6) is 0 Å². The lowest BCUT2D eigenvalue weighted by Crippen LogP contribution is -2.37. The fourth-order valence-corrected chi connectivity index (χ4v) is 6.76. The molecule has 0 saturated carbocycles. The number of fused-ring (bicyclic) bond motifs is 1. The topological polar surface area (TPSA) is 66.8 Å². The van der Waals surface area contributed by atoms with E-state index in [0.29, 0.717) is 11.6 Å². The van der Waals surface area contributed by atoms with Crippen molar-refractivity contribution in [3.8, 4) is 0 Å². The van der Waals surface area contributed by atoms with Crippen molar-refractivity contribution < 1.29 is 13.2 Å². The first kappa shape index (κ1) is 15.6. The highest BCUT2D eigenvalue weighted by Crippen LogP contribution is 2.40. The Morgan fingerprint density at radius 3 is 2.73 bits per heavy atom. The van der Waals surface area contributed by atoms with Crippen LogP contribution in [-0.4, -0.2) is 42.3 Å². The van der Waals surface area contributed by atoms with Crippen LogP contribution in [-0.2, 0) is 14.6 Å². The van der Waals surface area contributed by atoms with Crippen molar-refractivity contribution in [2.75, 3.05) is 16.4 Å². The molecule has 2 heterocycles. The van der Waals surface area contributed by atoms with Gasteiger partial charge in [0.1, 0.15) is 0 Å². The number of nitrogens with zero attached hydrogens (tertiary/aromatic N) is 2. The quantitative estimate of drug-likeness (QED) is 0.844. The molecule has 0 aromatic heterocycles. The van der Waals surface area contributed by atoms with Crippen LogP contribution in [0.4, 0.5) is 5.69 Å². The fourth-order valence-electron chi connectivity index (χ4n) is 2.83. The van der Waals surface area contributed by atoms with E-state index in [1.807, 2.05) is 42.2 Å². The second kappa shape index (κ2) is 6.04. The molecule has 7 heteroatoms. The zero-order valence-corrected chi connectivity index (χ0v) is 13.9. The number of aliphatic imine (C=N–C) groups is 1. The monoisotopic (exact) mass is 338 g/mol. The molecular formula is C15H18N2O3S2. The number of sulfone groups is 1. The van der Waals surface area contributed by atoms with E-state index in [1.165, 1.54) is 11.8 Å². The lowest BCUT2D eigenvalue weighted by molar-refractivity contribution is -0.117. The van der Waals surface area contributed by atoms with Gasteiger partial charge in [-0.2, -0.15) is 4.99 Å². The van der Waals surface area contributed by atoms with Crippen LogP contribution in [0.1, 0.15) is 19.8 Å². The second-order valence-electron chi connectivity index (χ2n) is 5.54. The van der Waals surface area contributed by atoms with Crippen molar-refractivity contribution in [1.29, 1.82) is 0 Å². The van der Waals surface area contributed by atoms with Crippen LogP contribution in [0, 0.1) is 0 Å². The maximum atomic E-state index is 11.9. The van der Waals surface area contributed by atoms with Crippen molar-refractivity contribution in [1.82, 2.24) is 0 Å². The third kappa shape index (κ3) is 3.05. The first-order valence-electron chi connectivity index (χ1n) is 7.33. The summed E-state index contributed by atoms with van der Waals surface area (Å²) in [5.41, 5.74) is 0.891. The van der Waals surface area contributed by atoms with Crippen LogP contribution < -0.4 is 4.90 Å². The van der Waals surface area contributed by atoms with Crippen LogP contribution in [0.15, 0.2) is 35.3 Å². The van der Waals surface area contributed by atoms with Crippen LogP contribution >= 0.6 is 11.8 Å². The molecule has 2 saturated heterocycles. The predicted octanol–water partition coefficient (Wildman–Crippen LogP) is 2.09. The number of hydrogen-bond acceptors (Lipinski definition) is 4. The first-order chi connectivity index (χ1) is 10.5. The molecule has 2 aliphatic rings. The zero-order chi connectivity index (χ0) is 15.7. The highest BCUT2D eigenvalue weighted by Gasteiger charge is 2.49. The largest absolute Gasteiger partial charge is 0.316 e. The molecule has 1 amide bonds. The van der Waals surface area contributed by atoms with E-state index in [4.69, 9.17) is 0 Å². The number of anilines is 1. The number of carbonyl (C=O) groups excluding carboxylic acids is 1. The van der Waals surface area contributed by atoms with E-state index in [2.05, 4.69) is 4.99 Å². The smallest absolute Gasteiger partial charge is 0.248 e. The highest BCUT2D eigenvalue weighted by atomic mass is 32.2. The van der Waals surface area contributed by atoms with E-state index in [0.717, 1.165) is 12.1 Å². The van der Waals surface area contributed by atoms with Gasteiger partial charge in [0.15, 0.2) is 15.0 Å². The summed E-state index contributed by atoms with van der Waals surface area (Å²) < 4.78 is 23.8. The summed E-state index contributed by atoms with van der Waals surface area (Å²) in [6, 6.07) is 9.44. The van der Waals surface area contributed by atoms with E-state index >= 15 is 0 Å². The Morgan fingerprint density at radius 1 is 1.32 bits per heavy atom. The van der Waals surface area contributed by atoms with Gasteiger partial charge in [-0.25, -0.2) is 8.42 Å². The summed E-state index contributed by atoms with van der Waals surface area (Å²) in [5, 5.41) is 0.591. The third-order valence-electron chi connectivity index (χ3n) is 3.79. The number of thioether (sulfide) groups is 1. The molecule has 1 aromatic rings. The van der Waals surface area contributed by atoms with E-state index in [9.17, 15) is 13.2 Å². The molecule has 5 nitrogen and oxygen atoms in total. The summed E-state index contributed by atoms with van der Waals surface area (Å²) in [7, 11) is -3.01. The SMILES string of the molecule is CCCC(=O)N=C1S[C@@H]2CS(=O)(=O)C[C@H]2N1c1ccccc1. The van der Waals surface area contributed by atoms with Gasteiger partial charge < -0.3 is 4.90 Å². The van der Waals surface area contributed by atoms with Gasteiger partial charge in [-0.15, -0.1) is 0 Å². The Labute approximate surface area is 134 Å². The van der Waals surface area contributed by atoms with Gasteiger partial charge in [-0.3, -0.25) is 4.79 Å². The number of amides is 1. The summed E-state index contributed by atoms with van der Waals surface area (Å²) in [4.78, 5) is 18.0. The predicted molar refractivity (Wildman–Crippen MR) is 90.1 cm³/mol. The Bertz CT molecular complexity index is 701. The normalized spacial score (nSPS) is 28.0. The van der Waals surface area contributed by atoms with Gasteiger partial charge in [0.25, 0.3) is 0 Å². The number of benzene rings is 1. The number of rotatable bonds is 3. The molecule has 0 N–H and O–H groups in total. The minimum Gasteiger partial charge on any atom is -0.316 e. The Balaban J connectivity index is 1.96. The lowest BCUT2D eigenvalue weighted by atomic mass is 10.2. The van der Waals surface area contributed by atoms with Gasteiger partial charge in [-0.05, 0) is 18.6 Å². The highest BCUT2D eigenvalue weighted by molar-refractivity contribution is 8.16. The molecular weight excluding hydrogens is 320 g/mol. The lowest BCUT2D eigenvalue weighted by Gasteiger charge is -2.24. The molecule has 118 valence electrons. The molecule has 0 bridgehead atoms. The summed E-state index contributed by atoms with van der Waals surface area (Å²) >= 11 is 1.42. The minimum atomic E-state index is -3.01. The Hall–Kier alpha value is -1.34. The molecule has 22 heavy (non-hydrogen) atoms.